The number of anilines is 3. The summed E-state index contributed by atoms with van der Waals surface area (Å²) in [5.41, 5.74) is 3.58. The maximum atomic E-state index is 12.8. The lowest BCUT2D eigenvalue weighted by atomic mass is 10.1. The number of benzene rings is 3. The van der Waals surface area contributed by atoms with Gasteiger partial charge >= 0.3 is 6.03 Å². The van der Waals surface area contributed by atoms with Crippen molar-refractivity contribution in [1.82, 2.24) is 4.90 Å². The fourth-order valence-electron chi connectivity index (χ4n) is 3.79. The molecule has 1 aliphatic rings. The second kappa shape index (κ2) is 10.2. The molecule has 3 N–H and O–H groups in total. The average Bonchev–Trinajstić information content (AvgIpc) is 3.37. The number of hydrogen-bond donors (Lipinski definition) is 3. The van der Waals surface area contributed by atoms with Crippen molar-refractivity contribution in [2.24, 2.45) is 0 Å². The number of urea groups is 1. The smallest absolute Gasteiger partial charge is 0.321 e. The average molecular weight is 493 g/mol. The van der Waals surface area contributed by atoms with Gasteiger partial charge in [-0.15, -0.1) is 0 Å². The first-order valence-electron chi connectivity index (χ1n) is 11.4. The largest absolute Gasteiger partial charge is 0.325 e. The Hall–Kier alpha value is -3.85. The Labute approximate surface area is 205 Å². The minimum Gasteiger partial charge on any atom is -0.325 e. The van der Waals surface area contributed by atoms with Gasteiger partial charge in [0.25, 0.3) is 15.9 Å². The molecule has 8 nitrogen and oxygen atoms in total. The molecule has 4 rings (SSSR count). The molecule has 0 aliphatic carbocycles. The minimum atomic E-state index is -3.75. The maximum Gasteiger partial charge on any atom is 0.321 e. The molecule has 0 radical (unpaired) electrons. The summed E-state index contributed by atoms with van der Waals surface area (Å²) in [7, 11) is -3.75. The highest BCUT2D eigenvalue weighted by Crippen LogP contribution is 2.24. The maximum absolute atomic E-state index is 12.8. The van der Waals surface area contributed by atoms with E-state index in [4.69, 9.17) is 0 Å². The quantitative estimate of drug-likeness (QED) is 0.451. The molecule has 0 spiro atoms. The first kappa shape index (κ1) is 24.3. The third-order valence-electron chi connectivity index (χ3n) is 6.00. The van der Waals surface area contributed by atoms with Gasteiger partial charge in [-0.3, -0.25) is 9.52 Å². The van der Waals surface area contributed by atoms with E-state index >= 15 is 0 Å². The normalized spacial score (nSPS) is 13.4. The van der Waals surface area contributed by atoms with Gasteiger partial charge in [-0.1, -0.05) is 18.2 Å². The molecule has 3 aromatic rings. The molecule has 1 fully saturated rings. The second-order valence-electron chi connectivity index (χ2n) is 8.55. The van der Waals surface area contributed by atoms with Crippen molar-refractivity contribution >= 4 is 39.0 Å². The number of nitrogens with zero attached hydrogens (tertiary/aromatic N) is 1. The standard InChI is InChI=1S/C26H28N4O4S/c1-18-9-14-22(17-19(18)2)35(33,34)29-21-12-10-20(11-13-21)25(31)27-23-7-3-4-8-24(23)28-26(32)30-15-5-6-16-30/h3-4,7-14,17,29H,5-6,15-16H2,1-2H3,(H,27,31)(H,28,32). The molecule has 3 amide bonds. The highest BCUT2D eigenvalue weighted by molar-refractivity contribution is 7.92. The van der Waals surface area contributed by atoms with E-state index in [-0.39, 0.29) is 16.8 Å². The van der Waals surface area contributed by atoms with Crippen LogP contribution in [0.3, 0.4) is 0 Å². The Balaban J connectivity index is 1.43. The molecular weight excluding hydrogens is 464 g/mol. The molecule has 35 heavy (non-hydrogen) atoms. The van der Waals surface area contributed by atoms with E-state index in [2.05, 4.69) is 15.4 Å². The van der Waals surface area contributed by atoms with Crippen LogP contribution in [-0.4, -0.2) is 38.3 Å². The van der Waals surface area contributed by atoms with E-state index in [1.165, 1.54) is 12.1 Å². The van der Waals surface area contributed by atoms with Crippen LogP contribution in [-0.2, 0) is 10.0 Å². The van der Waals surface area contributed by atoms with Gasteiger partial charge in [-0.25, -0.2) is 13.2 Å². The van der Waals surface area contributed by atoms with Crippen LogP contribution in [0.5, 0.6) is 0 Å². The summed E-state index contributed by atoms with van der Waals surface area (Å²) in [5, 5.41) is 5.68. The number of carbonyl (C=O) groups excluding carboxylic acids is 2. The number of carbonyl (C=O) groups is 2. The van der Waals surface area contributed by atoms with Crippen molar-refractivity contribution in [3.05, 3.63) is 83.4 Å². The van der Waals surface area contributed by atoms with Crippen LogP contribution >= 0.6 is 0 Å². The monoisotopic (exact) mass is 492 g/mol. The number of sulfonamides is 1. The lowest BCUT2D eigenvalue weighted by Crippen LogP contribution is -2.32. The highest BCUT2D eigenvalue weighted by atomic mass is 32.2. The van der Waals surface area contributed by atoms with Crippen LogP contribution in [0, 0.1) is 13.8 Å². The molecule has 1 aliphatic heterocycles. The molecule has 9 heteroatoms. The zero-order valence-corrected chi connectivity index (χ0v) is 20.5. The van der Waals surface area contributed by atoms with Gasteiger partial charge < -0.3 is 15.5 Å². The zero-order chi connectivity index (χ0) is 25.0. The predicted molar refractivity (Wildman–Crippen MR) is 137 cm³/mol. The molecule has 3 aromatic carbocycles. The molecule has 0 saturated carbocycles. The van der Waals surface area contributed by atoms with Crippen LogP contribution in [0.25, 0.3) is 0 Å². The fraction of sp³-hybridized carbons (Fsp3) is 0.231. The summed E-state index contributed by atoms with van der Waals surface area (Å²) in [4.78, 5) is 27.2. The van der Waals surface area contributed by atoms with Gasteiger partial charge in [0.1, 0.15) is 0 Å². The number of likely N-dealkylation sites (tertiary alicyclic amines) is 1. The highest BCUT2D eigenvalue weighted by Gasteiger charge is 2.19. The number of amides is 3. The Kier molecular flexibility index (Phi) is 7.07. The summed E-state index contributed by atoms with van der Waals surface area (Å²) >= 11 is 0. The van der Waals surface area contributed by atoms with Crippen LogP contribution in [0.2, 0.25) is 0 Å². The van der Waals surface area contributed by atoms with Gasteiger partial charge in [0.2, 0.25) is 0 Å². The zero-order valence-electron chi connectivity index (χ0n) is 19.7. The van der Waals surface area contributed by atoms with Crippen molar-refractivity contribution in [3.63, 3.8) is 0 Å². The summed E-state index contributed by atoms with van der Waals surface area (Å²) in [6, 6.07) is 17.9. The number of rotatable bonds is 6. The van der Waals surface area contributed by atoms with Gasteiger partial charge in [-0.05, 0) is 86.3 Å². The van der Waals surface area contributed by atoms with Crippen molar-refractivity contribution in [2.45, 2.75) is 31.6 Å². The number of hydrogen-bond acceptors (Lipinski definition) is 4. The molecule has 1 saturated heterocycles. The summed E-state index contributed by atoms with van der Waals surface area (Å²) in [5.74, 6) is -0.378. The fourth-order valence-corrected chi connectivity index (χ4v) is 4.94. The van der Waals surface area contributed by atoms with Crippen LogP contribution in [0.1, 0.15) is 34.3 Å². The first-order valence-corrected chi connectivity index (χ1v) is 12.9. The molecule has 0 atom stereocenters. The minimum absolute atomic E-state index is 0.176. The van der Waals surface area contributed by atoms with Gasteiger partial charge in [0.05, 0.1) is 16.3 Å². The van der Waals surface area contributed by atoms with E-state index in [0.717, 1.165) is 37.1 Å². The van der Waals surface area contributed by atoms with Gasteiger partial charge in [-0.2, -0.15) is 0 Å². The third kappa shape index (κ3) is 5.81. The summed E-state index contributed by atoms with van der Waals surface area (Å²) in [6.45, 7) is 5.22. The predicted octanol–water partition coefficient (Wildman–Crippen LogP) is 4.98. The first-order chi connectivity index (χ1) is 16.7. The van der Waals surface area contributed by atoms with E-state index in [9.17, 15) is 18.0 Å². The van der Waals surface area contributed by atoms with E-state index in [1.807, 2.05) is 13.8 Å². The van der Waals surface area contributed by atoms with E-state index in [1.54, 1.807) is 59.5 Å². The van der Waals surface area contributed by atoms with Gasteiger partial charge in [0.15, 0.2) is 0 Å². The second-order valence-corrected chi connectivity index (χ2v) is 10.2. The van der Waals surface area contributed by atoms with E-state index in [0.29, 0.717) is 22.6 Å². The van der Waals surface area contributed by atoms with Crippen LogP contribution in [0.4, 0.5) is 21.9 Å². The molecule has 0 bridgehead atoms. The number of para-hydroxylation sites is 2. The number of aryl methyl sites for hydroxylation is 2. The molecule has 182 valence electrons. The Morgan fingerprint density at radius 3 is 2.06 bits per heavy atom. The van der Waals surface area contributed by atoms with Crippen molar-refractivity contribution in [3.8, 4) is 0 Å². The lowest BCUT2D eigenvalue weighted by Gasteiger charge is -2.18. The Morgan fingerprint density at radius 2 is 1.43 bits per heavy atom. The lowest BCUT2D eigenvalue weighted by molar-refractivity contribution is 0.102. The SMILES string of the molecule is Cc1ccc(S(=O)(=O)Nc2ccc(C(=O)Nc3ccccc3NC(=O)N3CCCC3)cc2)cc1C. The Bertz CT molecular complexity index is 1350. The van der Waals surface area contributed by atoms with E-state index < -0.39 is 10.0 Å². The molecular formula is C26H28N4O4S. The van der Waals surface area contributed by atoms with Crippen LogP contribution in [0.15, 0.2) is 71.6 Å². The molecule has 0 unspecified atom stereocenters. The number of nitrogens with one attached hydrogen (secondary N) is 3. The topological polar surface area (TPSA) is 108 Å². The van der Waals surface area contributed by atoms with Crippen molar-refractivity contribution in [2.75, 3.05) is 28.4 Å². The molecule has 1 heterocycles. The molecule has 0 aromatic heterocycles. The van der Waals surface area contributed by atoms with Crippen molar-refractivity contribution < 1.29 is 18.0 Å². The summed E-state index contributed by atoms with van der Waals surface area (Å²) in [6.07, 6.45) is 1.98. The van der Waals surface area contributed by atoms with Gasteiger partial charge in [0, 0.05) is 24.3 Å². The summed E-state index contributed by atoms with van der Waals surface area (Å²) < 4.78 is 28.0. The van der Waals surface area contributed by atoms with Crippen LogP contribution < -0.4 is 15.4 Å². The van der Waals surface area contributed by atoms with Crippen molar-refractivity contribution in [1.29, 1.82) is 0 Å². The third-order valence-corrected chi connectivity index (χ3v) is 7.38. The Morgan fingerprint density at radius 1 is 0.800 bits per heavy atom.